The van der Waals surface area contributed by atoms with Crippen LogP contribution in [0.25, 0.3) is 0 Å². The molecule has 2 aromatic rings. The zero-order valence-electron chi connectivity index (χ0n) is 39.2. The van der Waals surface area contributed by atoms with E-state index in [4.69, 9.17) is 9.98 Å². The third kappa shape index (κ3) is 29.6. The summed E-state index contributed by atoms with van der Waals surface area (Å²) < 4.78 is 0. The van der Waals surface area contributed by atoms with Crippen LogP contribution in [0.4, 0.5) is 11.4 Å². The van der Waals surface area contributed by atoms with E-state index in [1.54, 1.807) is 0 Å². The summed E-state index contributed by atoms with van der Waals surface area (Å²) in [7, 11) is 0. The average Bonchev–Trinajstić information content (AvgIpc) is 3.24. The van der Waals surface area contributed by atoms with Crippen LogP contribution >= 0.6 is 0 Å². The number of hydrogen-bond acceptors (Lipinski definition) is 2. The van der Waals surface area contributed by atoms with Crippen LogP contribution in [-0.4, -0.2) is 11.4 Å². The summed E-state index contributed by atoms with van der Waals surface area (Å²) in [5, 5.41) is 0. The van der Waals surface area contributed by atoms with Crippen molar-refractivity contribution in [1.29, 1.82) is 0 Å². The summed E-state index contributed by atoms with van der Waals surface area (Å²) in [4.78, 5) is 11.0. The second-order valence-corrected chi connectivity index (χ2v) is 17.3. The molecular formula is C56H92N2Ni. The summed E-state index contributed by atoms with van der Waals surface area (Å²) >= 11 is 0. The number of para-hydroxylation sites is 2. The maximum atomic E-state index is 5.52. The molecule has 2 rings (SSSR count). The molecule has 3 heteroatoms. The van der Waals surface area contributed by atoms with Crippen LogP contribution in [0.1, 0.15) is 244 Å². The Morgan fingerprint density at radius 1 is 0.356 bits per heavy atom. The molecule has 0 amide bonds. The molecule has 59 heavy (non-hydrogen) atoms. The Labute approximate surface area is 377 Å². The van der Waals surface area contributed by atoms with Gasteiger partial charge in [0.05, 0.1) is 22.8 Å². The van der Waals surface area contributed by atoms with Gasteiger partial charge >= 0.3 is 0 Å². The molecule has 0 spiro atoms. The molecule has 2 aromatic carbocycles. The van der Waals surface area contributed by atoms with Crippen molar-refractivity contribution in [1.82, 2.24) is 0 Å². The fourth-order valence-corrected chi connectivity index (χ4v) is 7.98. The van der Waals surface area contributed by atoms with Gasteiger partial charge in [-0.25, -0.2) is 0 Å². The van der Waals surface area contributed by atoms with Crippen molar-refractivity contribution in [3.63, 3.8) is 0 Å². The van der Waals surface area contributed by atoms with Gasteiger partial charge in [-0.15, -0.1) is 0 Å². The predicted octanol–water partition coefficient (Wildman–Crippen LogP) is 19.3. The Balaban J connectivity index is 0.0000174. The van der Waals surface area contributed by atoms with Gasteiger partial charge in [-0.1, -0.05) is 217 Å². The Kier molecular flexibility index (Phi) is 38.2. The van der Waals surface area contributed by atoms with E-state index in [9.17, 15) is 0 Å². The molecule has 2 nitrogen and oxygen atoms in total. The molecule has 0 atom stereocenters. The van der Waals surface area contributed by atoms with Crippen molar-refractivity contribution in [3.05, 3.63) is 84.0 Å². The SMILES string of the molecule is CCCCCCCCCCCC=CCCCc1ccccc1N=C(CCCC)C(CCCCCC)=Nc1ccccc1CCCC=CCCCCCCCCCCC.[Ni]. The van der Waals surface area contributed by atoms with E-state index in [0.717, 1.165) is 56.3 Å². The van der Waals surface area contributed by atoms with Gasteiger partial charge in [0.15, 0.2) is 0 Å². The fraction of sp³-hybridized carbons (Fsp3) is 0.679. The Bertz CT molecular complexity index is 1350. The molecule has 0 aliphatic carbocycles. The van der Waals surface area contributed by atoms with Crippen molar-refractivity contribution in [2.75, 3.05) is 0 Å². The van der Waals surface area contributed by atoms with Crippen LogP contribution in [0.2, 0.25) is 0 Å². The molecule has 0 saturated carbocycles. The van der Waals surface area contributed by atoms with Crippen LogP contribution in [-0.2, 0) is 29.3 Å². The molecule has 0 aromatic heterocycles. The minimum absolute atomic E-state index is 0. The Morgan fingerprint density at radius 2 is 0.661 bits per heavy atom. The molecule has 0 saturated heterocycles. The molecule has 0 aliphatic heterocycles. The minimum Gasteiger partial charge on any atom is -0.251 e. The van der Waals surface area contributed by atoms with Gasteiger partial charge < -0.3 is 0 Å². The van der Waals surface area contributed by atoms with Crippen LogP contribution in [0, 0.1) is 0 Å². The number of unbranched alkanes of at least 4 members (excludes halogenated alkanes) is 24. The third-order valence-electron chi connectivity index (χ3n) is 11.8. The zero-order valence-corrected chi connectivity index (χ0v) is 40.2. The summed E-state index contributed by atoms with van der Waals surface area (Å²) in [6, 6.07) is 17.8. The number of aryl methyl sites for hydroxylation is 2. The van der Waals surface area contributed by atoms with Crippen molar-refractivity contribution in [2.24, 2.45) is 9.98 Å². The van der Waals surface area contributed by atoms with Gasteiger partial charge in [-0.2, -0.15) is 0 Å². The summed E-state index contributed by atoms with van der Waals surface area (Å²) in [5.41, 5.74) is 7.48. The maximum Gasteiger partial charge on any atom is 0.0665 e. The molecule has 0 N–H and O–H groups in total. The van der Waals surface area contributed by atoms with Gasteiger partial charge in [0.1, 0.15) is 0 Å². The standard InChI is InChI=1S/C56H92N2.Ni/c1-5-9-13-16-18-20-22-24-26-28-30-32-34-36-43-51-45-39-41-48-53(51)57-55(47-12-8-4)56(50-38-15-11-7-3)58-54-49-42-40-46-52(54)44-37-35-33-31-29-27-25-23-21-19-17-14-10-6-2;/h30-33,39-42,45-46,48-49H,5-29,34-38,43-44,47,50H2,1-4H3;. The van der Waals surface area contributed by atoms with E-state index in [1.807, 2.05) is 0 Å². The molecule has 0 radical (unpaired) electrons. The van der Waals surface area contributed by atoms with E-state index < -0.39 is 0 Å². The summed E-state index contributed by atoms with van der Waals surface area (Å²) in [5.74, 6) is 0. The number of hydrogen-bond donors (Lipinski definition) is 0. The minimum atomic E-state index is 0. The van der Waals surface area contributed by atoms with Crippen LogP contribution in [0.15, 0.2) is 82.8 Å². The number of aliphatic imine (C=N–C) groups is 2. The van der Waals surface area contributed by atoms with Gasteiger partial charge in [0.25, 0.3) is 0 Å². The number of allylic oxidation sites excluding steroid dienone is 4. The Hall–Kier alpha value is -2.25. The molecule has 0 bridgehead atoms. The maximum absolute atomic E-state index is 5.52. The first-order chi connectivity index (χ1) is 28.7. The second-order valence-electron chi connectivity index (χ2n) is 17.3. The fourth-order valence-electron chi connectivity index (χ4n) is 7.98. The Morgan fingerprint density at radius 3 is 1.05 bits per heavy atom. The molecular weight excluding hydrogens is 759 g/mol. The summed E-state index contributed by atoms with van der Waals surface area (Å²) in [6.07, 6.45) is 53.5. The van der Waals surface area contributed by atoms with E-state index in [0.29, 0.717) is 0 Å². The second kappa shape index (κ2) is 41.1. The van der Waals surface area contributed by atoms with E-state index in [2.05, 4.69) is 101 Å². The van der Waals surface area contributed by atoms with Gasteiger partial charge in [-0.05, 0) is 113 Å². The first-order valence-corrected chi connectivity index (χ1v) is 25.3. The number of rotatable bonds is 39. The van der Waals surface area contributed by atoms with E-state index in [-0.39, 0.29) is 16.5 Å². The summed E-state index contributed by atoms with van der Waals surface area (Å²) in [6.45, 7) is 9.20. The van der Waals surface area contributed by atoms with Gasteiger partial charge in [-0.3, -0.25) is 9.98 Å². The smallest absolute Gasteiger partial charge is 0.0665 e. The van der Waals surface area contributed by atoms with Crippen molar-refractivity contribution in [2.45, 2.75) is 246 Å². The zero-order chi connectivity index (χ0) is 41.4. The molecule has 0 aliphatic rings. The molecule has 336 valence electrons. The van der Waals surface area contributed by atoms with Crippen LogP contribution in [0.5, 0.6) is 0 Å². The average molecular weight is 852 g/mol. The van der Waals surface area contributed by atoms with Gasteiger partial charge in [0.2, 0.25) is 0 Å². The van der Waals surface area contributed by atoms with Crippen molar-refractivity contribution < 1.29 is 16.5 Å². The number of nitrogens with zero attached hydrogens (tertiary/aromatic N) is 2. The molecule has 0 unspecified atom stereocenters. The quantitative estimate of drug-likeness (QED) is 0.0277. The molecule has 0 fully saturated rings. The van der Waals surface area contributed by atoms with E-state index >= 15 is 0 Å². The van der Waals surface area contributed by atoms with Crippen LogP contribution in [0.3, 0.4) is 0 Å². The topological polar surface area (TPSA) is 24.7 Å². The van der Waals surface area contributed by atoms with E-state index in [1.165, 1.54) is 196 Å². The third-order valence-corrected chi connectivity index (χ3v) is 11.8. The predicted molar refractivity (Wildman–Crippen MR) is 263 cm³/mol. The first kappa shape index (κ1) is 54.8. The van der Waals surface area contributed by atoms with Crippen molar-refractivity contribution in [3.8, 4) is 0 Å². The van der Waals surface area contributed by atoms with Crippen LogP contribution < -0.4 is 0 Å². The normalized spacial score (nSPS) is 12.3. The largest absolute Gasteiger partial charge is 0.251 e. The number of benzene rings is 2. The van der Waals surface area contributed by atoms with Gasteiger partial charge in [0, 0.05) is 16.5 Å². The molecule has 0 heterocycles. The van der Waals surface area contributed by atoms with Crippen molar-refractivity contribution >= 4 is 22.8 Å². The first-order valence-electron chi connectivity index (χ1n) is 25.3. The monoisotopic (exact) mass is 851 g/mol.